The minimum absolute atomic E-state index is 0.0450. The van der Waals surface area contributed by atoms with Crippen molar-refractivity contribution >= 4 is 5.97 Å². The number of unbranched alkanes of at least 4 members (excludes halogenated alkanes) is 1. The summed E-state index contributed by atoms with van der Waals surface area (Å²) in [6.07, 6.45) is 6.09. The first-order chi connectivity index (χ1) is 8.10. The van der Waals surface area contributed by atoms with Crippen molar-refractivity contribution in [2.24, 2.45) is 0 Å². The summed E-state index contributed by atoms with van der Waals surface area (Å²) in [4.78, 5) is 10.7. The predicted octanol–water partition coefficient (Wildman–Crippen LogP) is 0.587. The summed E-state index contributed by atoms with van der Waals surface area (Å²) >= 11 is 0. The average molecular weight is 238 g/mol. The lowest BCUT2D eigenvalue weighted by Gasteiger charge is -2.05. The van der Waals surface area contributed by atoms with Crippen LogP contribution in [-0.4, -0.2) is 10.5 Å². The number of aromatic nitrogens is 2. The lowest BCUT2D eigenvalue weighted by Crippen LogP contribution is -2.45. The molecule has 4 heteroatoms. The molecule has 0 aliphatic heterocycles. The van der Waals surface area contributed by atoms with Gasteiger partial charge in [-0.1, -0.05) is 20.3 Å². The molecule has 0 aliphatic rings. The van der Waals surface area contributed by atoms with Crippen molar-refractivity contribution in [3.63, 3.8) is 0 Å². The second-order valence-corrected chi connectivity index (χ2v) is 4.44. The van der Waals surface area contributed by atoms with Gasteiger partial charge in [-0.2, -0.15) is 0 Å². The van der Waals surface area contributed by atoms with Gasteiger partial charge in [0.15, 0.2) is 0 Å². The highest BCUT2D eigenvalue weighted by Crippen LogP contribution is 2.07. The van der Waals surface area contributed by atoms with Gasteiger partial charge in [0.05, 0.1) is 12.5 Å². The number of imidazole rings is 1. The number of carboxylic acid groups (broad SMARTS) is 1. The smallest absolute Gasteiger partial charge is 0.256 e. The van der Waals surface area contributed by atoms with Gasteiger partial charge in [-0.3, -0.25) is 0 Å². The van der Waals surface area contributed by atoms with Crippen molar-refractivity contribution in [3.05, 3.63) is 17.7 Å². The van der Waals surface area contributed by atoms with Crippen LogP contribution >= 0.6 is 0 Å². The molecule has 0 radical (unpaired) electrons. The van der Waals surface area contributed by atoms with Crippen LogP contribution in [0.1, 0.15) is 44.6 Å². The minimum Gasteiger partial charge on any atom is -0.546 e. The summed E-state index contributed by atoms with van der Waals surface area (Å²) in [6.45, 7) is 7.20. The van der Waals surface area contributed by atoms with Crippen molar-refractivity contribution in [1.29, 1.82) is 0 Å². The van der Waals surface area contributed by atoms with E-state index < -0.39 is 5.97 Å². The molecule has 0 N–H and O–H groups in total. The van der Waals surface area contributed by atoms with Crippen LogP contribution in [0.3, 0.4) is 0 Å². The van der Waals surface area contributed by atoms with Crippen LogP contribution in [0, 0.1) is 6.92 Å². The summed E-state index contributed by atoms with van der Waals surface area (Å²) in [5.41, 5.74) is 1.12. The SMILES string of the molecule is CCCCc1n(CCC)c(C)c[n+]1CC(=O)[O-]. The van der Waals surface area contributed by atoms with E-state index in [1.165, 1.54) is 0 Å². The van der Waals surface area contributed by atoms with E-state index in [0.717, 1.165) is 43.7 Å². The number of carbonyl (C=O) groups excluding carboxylic acids is 1. The van der Waals surface area contributed by atoms with Crippen LogP contribution in [0.5, 0.6) is 0 Å². The third-order valence-corrected chi connectivity index (χ3v) is 2.91. The third-order valence-electron chi connectivity index (χ3n) is 2.91. The lowest BCUT2D eigenvalue weighted by molar-refractivity contribution is -0.697. The highest BCUT2D eigenvalue weighted by molar-refractivity contribution is 5.62. The Morgan fingerprint density at radius 3 is 2.65 bits per heavy atom. The topological polar surface area (TPSA) is 48.9 Å². The Kier molecular flexibility index (Phi) is 5.19. The van der Waals surface area contributed by atoms with Crippen molar-refractivity contribution in [1.82, 2.24) is 4.57 Å². The molecule has 0 saturated carbocycles. The first-order valence-electron chi connectivity index (χ1n) is 6.38. The van der Waals surface area contributed by atoms with E-state index in [1.54, 1.807) is 0 Å². The molecular formula is C13H22N2O2. The van der Waals surface area contributed by atoms with Crippen LogP contribution in [0.2, 0.25) is 0 Å². The molecule has 0 aliphatic carbocycles. The Labute approximate surface area is 103 Å². The molecule has 0 amide bonds. The average Bonchev–Trinajstić information content (AvgIpc) is 2.53. The maximum absolute atomic E-state index is 10.7. The van der Waals surface area contributed by atoms with Gasteiger partial charge in [0.25, 0.3) is 5.82 Å². The Morgan fingerprint density at radius 2 is 2.12 bits per heavy atom. The molecule has 0 unspecified atom stereocenters. The fraction of sp³-hybridized carbons (Fsp3) is 0.692. The molecule has 0 atom stereocenters. The van der Waals surface area contributed by atoms with Gasteiger partial charge >= 0.3 is 0 Å². The van der Waals surface area contributed by atoms with Gasteiger partial charge in [-0.15, -0.1) is 0 Å². The number of carbonyl (C=O) groups is 1. The predicted molar refractivity (Wildman–Crippen MR) is 63.3 cm³/mol. The lowest BCUT2D eigenvalue weighted by atomic mass is 10.2. The number of nitrogens with zero attached hydrogens (tertiary/aromatic N) is 2. The second-order valence-electron chi connectivity index (χ2n) is 4.44. The summed E-state index contributed by atoms with van der Waals surface area (Å²) in [5, 5.41) is 10.7. The zero-order valence-electron chi connectivity index (χ0n) is 11.0. The number of carboxylic acids is 1. The van der Waals surface area contributed by atoms with E-state index in [-0.39, 0.29) is 6.54 Å². The molecular weight excluding hydrogens is 216 g/mol. The Bertz CT molecular complexity index is 383. The fourth-order valence-corrected chi connectivity index (χ4v) is 2.15. The first kappa shape index (κ1) is 13.7. The maximum atomic E-state index is 10.7. The normalized spacial score (nSPS) is 10.8. The van der Waals surface area contributed by atoms with Gasteiger partial charge < -0.3 is 9.90 Å². The number of aryl methyl sites for hydroxylation is 1. The zero-order chi connectivity index (χ0) is 12.8. The van der Waals surface area contributed by atoms with Gasteiger partial charge in [0.1, 0.15) is 18.4 Å². The molecule has 96 valence electrons. The Hall–Kier alpha value is -1.32. The Balaban J connectivity index is 3.01. The monoisotopic (exact) mass is 238 g/mol. The van der Waals surface area contributed by atoms with Gasteiger partial charge in [-0.25, -0.2) is 9.13 Å². The van der Waals surface area contributed by atoms with Crippen LogP contribution < -0.4 is 9.67 Å². The molecule has 1 rings (SSSR count). The molecule has 17 heavy (non-hydrogen) atoms. The summed E-state index contributed by atoms with van der Waals surface area (Å²) in [7, 11) is 0. The van der Waals surface area contributed by atoms with Gasteiger partial charge in [-0.05, 0) is 12.8 Å². The van der Waals surface area contributed by atoms with E-state index >= 15 is 0 Å². The molecule has 1 aromatic rings. The van der Waals surface area contributed by atoms with Crippen LogP contribution in [0.15, 0.2) is 6.20 Å². The van der Waals surface area contributed by atoms with Crippen molar-refractivity contribution < 1.29 is 14.5 Å². The largest absolute Gasteiger partial charge is 0.546 e. The van der Waals surface area contributed by atoms with Crippen LogP contribution in [-0.2, 0) is 24.3 Å². The molecule has 1 aromatic heterocycles. The standard InChI is InChI=1S/C13H22N2O2/c1-4-6-7-12-14(10-13(16)17)9-11(3)15(12)8-5-2/h9H,4-8,10H2,1-3H3. The number of hydrogen-bond donors (Lipinski definition) is 0. The number of hydrogen-bond acceptors (Lipinski definition) is 2. The van der Waals surface area contributed by atoms with Crippen molar-refractivity contribution in [3.8, 4) is 0 Å². The second kappa shape index (κ2) is 6.42. The van der Waals surface area contributed by atoms with E-state index in [9.17, 15) is 9.90 Å². The molecule has 4 nitrogen and oxygen atoms in total. The van der Waals surface area contributed by atoms with Crippen LogP contribution in [0.25, 0.3) is 0 Å². The fourth-order valence-electron chi connectivity index (χ4n) is 2.15. The molecule has 0 spiro atoms. The van der Waals surface area contributed by atoms with E-state index in [0.29, 0.717) is 0 Å². The number of aliphatic carboxylic acids is 1. The van der Waals surface area contributed by atoms with Gasteiger partial charge in [0, 0.05) is 13.3 Å². The minimum atomic E-state index is -1.03. The summed E-state index contributed by atoms with van der Waals surface area (Å²) in [6, 6.07) is 0. The van der Waals surface area contributed by atoms with E-state index in [2.05, 4.69) is 18.4 Å². The van der Waals surface area contributed by atoms with Gasteiger partial charge in [0.2, 0.25) is 0 Å². The Morgan fingerprint density at radius 1 is 1.41 bits per heavy atom. The summed E-state index contributed by atoms with van der Waals surface area (Å²) in [5.74, 6) is 0.0804. The summed E-state index contributed by atoms with van der Waals surface area (Å²) < 4.78 is 4.04. The molecule has 0 aromatic carbocycles. The highest BCUT2D eigenvalue weighted by Gasteiger charge is 2.19. The number of rotatable bonds is 7. The molecule has 0 fully saturated rings. The van der Waals surface area contributed by atoms with E-state index in [1.807, 2.05) is 17.7 Å². The van der Waals surface area contributed by atoms with Crippen LogP contribution in [0.4, 0.5) is 0 Å². The molecule has 0 bridgehead atoms. The first-order valence-corrected chi connectivity index (χ1v) is 6.38. The highest BCUT2D eigenvalue weighted by atomic mass is 16.4. The van der Waals surface area contributed by atoms with E-state index in [4.69, 9.17) is 0 Å². The third kappa shape index (κ3) is 3.58. The van der Waals surface area contributed by atoms with Crippen molar-refractivity contribution in [2.75, 3.05) is 0 Å². The quantitative estimate of drug-likeness (QED) is 0.653. The van der Waals surface area contributed by atoms with Crippen molar-refractivity contribution in [2.45, 2.75) is 59.5 Å². The zero-order valence-corrected chi connectivity index (χ0v) is 11.0. The molecule has 1 heterocycles. The molecule has 0 saturated heterocycles. The maximum Gasteiger partial charge on any atom is 0.256 e.